The van der Waals surface area contributed by atoms with E-state index >= 15 is 0 Å². The molecule has 5 nitrogen and oxygen atoms in total. The molecule has 0 spiro atoms. The number of rotatable bonds is 7. The van der Waals surface area contributed by atoms with Crippen LogP contribution in [0.5, 0.6) is 0 Å². The molecule has 3 rings (SSSR count). The summed E-state index contributed by atoms with van der Waals surface area (Å²) in [6.07, 6.45) is 3.73. The fourth-order valence-electron chi connectivity index (χ4n) is 4.14. The lowest BCUT2D eigenvalue weighted by molar-refractivity contribution is 0.157. The van der Waals surface area contributed by atoms with Gasteiger partial charge in [-0.1, -0.05) is 30.3 Å². The monoisotopic (exact) mass is 358 g/mol. The molecule has 0 aromatic heterocycles. The Morgan fingerprint density at radius 1 is 1.23 bits per heavy atom. The summed E-state index contributed by atoms with van der Waals surface area (Å²) < 4.78 is 5.33. The van der Waals surface area contributed by atoms with Crippen molar-refractivity contribution in [3.63, 3.8) is 0 Å². The van der Waals surface area contributed by atoms with Crippen molar-refractivity contribution in [3.8, 4) is 0 Å². The van der Waals surface area contributed by atoms with Crippen molar-refractivity contribution in [1.82, 2.24) is 15.1 Å². The average molecular weight is 359 g/mol. The number of ether oxygens (including phenoxy) is 1. The molecule has 0 saturated carbocycles. The van der Waals surface area contributed by atoms with E-state index in [0.29, 0.717) is 12.0 Å². The fourth-order valence-corrected chi connectivity index (χ4v) is 4.14. The van der Waals surface area contributed by atoms with E-state index in [2.05, 4.69) is 52.4 Å². The number of aliphatic imine (C=N–C) groups is 1. The molecule has 0 amide bonds. The Balaban J connectivity index is 1.58. The molecular weight excluding hydrogens is 324 g/mol. The summed E-state index contributed by atoms with van der Waals surface area (Å²) in [5.41, 5.74) is 1.40. The van der Waals surface area contributed by atoms with Crippen LogP contribution in [-0.2, 0) is 11.3 Å². The van der Waals surface area contributed by atoms with Crippen LogP contribution in [0, 0.1) is 5.92 Å². The van der Waals surface area contributed by atoms with Crippen molar-refractivity contribution < 1.29 is 4.74 Å². The topological polar surface area (TPSA) is 40.1 Å². The minimum Gasteiger partial charge on any atom is -0.384 e. The zero-order chi connectivity index (χ0) is 18.2. The van der Waals surface area contributed by atoms with Crippen LogP contribution < -0.4 is 5.32 Å². The zero-order valence-corrected chi connectivity index (χ0v) is 16.4. The Hall–Kier alpha value is -1.59. The largest absolute Gasteiger partial charge is 0.384 e. The lowest BCUT2D eigenvalue weighted by Gasteiger charge is -2.25. The highest BCUT2D eigenvalue weighted by Gasteiger charge is 2.27. The maximum Gasteiger partial charge on any atom is 0.193 e. The van der Waals surface area contributed by atoms with Gasteiger partial charge < -0.3 is 15.0 Å². The van der Waals surface area contributed by atoms with Crippen molar-refractivity contribution in [2.45, 2.75) is 38.8 Å². The number of nitrogens with one attached hydrogen (secondary N) is 1. The Kier molecular flexibility index (Phi) is 7.32. The van der Waals surface area contributed by atoms with Crippen LogP contribution in [0.4, 0.5) is 0 Å². The van der Waals surface area contributed by atoms with Crippen molar-refractivity contribution >= 4 is 5.96 Å². The van der Waals surface area contributed by atoms with Crippen molar-refractivity contribution in [3.05, 3.63) is 35.9 Å². The first kappa shape index (κ1) is 19.2. The first-order valence-corrected chi connectivity index (χ1v) is 10.1. The molecule has 144 valence electrons. The summed E-state index contributed by atoms with van der Waals surface area (Å²) in [5, 5.41) is 3.49. The fraction of sp³-hybridized carbons (Fsp3) is 0.667. The SMILES string of the molecule is CCNC(=NCC1CCCN1Cc1ccccc1)N1CCC(COC)C1. The first-order chi connectivity index (χ1) is 12.8. The average Bonchev–Trinajstić information content (AvgIpc) is 3.30. The molecule has 1 aromatic rings. The van der Waals surface area contributed by atoms with E-state index in [-0.39, 0.29) is 0 Å². The second kappa shape index (κ2) is 9.93. The van der Waals surface area contributed by atoms with Gasteiger partial charge in [-0.3, -0.25) is 9.89 Å². The van der Waals surface area contributed by atoms with Gasteiger partial charge in [0.2, 0.25) is 0 Å². The minimum absolute atomic E-state index is 0.557. The van der Waals surface area contributed by atoms with Gasteiger partial charge in [0.15, 0.2) is 5.96 Å². The van der Waals surface area contributed by atoms with Gasteiger partial charge in [0, 0.05) is 45.2 Å². The summed E-state index contributed by atoms with van der Waals surface area (Å²) >= 11 is 0. The number of hydrogen-bond donors (Lipinski definition) is 1. The summed E-state index contributed by atoms with van der Waals surface area (Å²) in [7, 11) is 1.80. The number of nitrogens with zero attached hydrogens (tertiary/aromatic N) is 3. The molecule has 2 aliphatic rings. The van der Waals surface area contributed by atoms with Gasteiger partial charge in [0.1, 0.15) is 0 Å². The molecule has 2 atom stereocenters. The predicted octanol–water partition coefficient (Wildman–Crippen LogP) is 2.58. The van der Waals surface area contributed by atoms with Gasteiger partial charge in [0.25, 0.3) is 0 Å². The van der Waals surface area contributed by atoms with Crippen molar-refractivity contribution in [1.29, 1.82) is 0 Å². The van der Waals surface area contributed by atoms with Crippen LogP contribution in [-0.4, -0.2) is 68.2 Å². The predicted molar refractivity (Wildman–Crippen MR) is 107 cm³/mol. The Morgan fingerprint density at radius 3 is 2.85 bits per heavy atom. The van der Waals surface area contributed by atoms with Gasteiger partial charge in [-0.05, 0) is 38.3 Å². The molecular formula is C21H34N4O. The Labute approximate surface area is 158 Å². The summed E-state index contributed by atoms with van der Waals surface area (Å²) in [6.45, 7) is 9.17. The van der Waals surface area contributed by atoms with Crippen LogP contribution in [0.3, 0.4) is 0 Å². The molecule has 0 bridgehead atoms. The van der Waals surface area contributed by atoms with Crippen LogP contribution in [0.1, 0.15) is 31.7 Å². The van der Waals surface area contributed by atoms with E-state index in [1.54, 1.807) is 7.11 Å². The standard InChI is InChI=1S/C21H34N4O/c1-3-22-21(25-13-11-19(16-25)17-26-2)23-14-20-10-7-12-24(20)15-18-8-5-4-6-9-18/h4-6,8-9,19-20H,3,7,10-17H2,1-2H3,(H,22,23). The minimum atomic E-state index is 0.557. The van der Waals surface area contributed by atoms with E-state index in [4.69, 9.17) is 9.73 Å². The van der Waals surface area contributed by atoms with Crippen LogP contribution in [0.15, 0.2) is 35.3 Å². The molecule has 2 saturated heterocycles. The Bertz CT molecular complexity index is 562. The molecule has 2 fully saturated rings. The van der Waals surface area contributed by atoms with Crippen LogP contribution in [0.25, 0.3) is 0 Å². The lowest BCUT2D eigenvalue weighted by Crippen LogP contribution is -2.41. The number of likely N-dealkylation sites (tertiary alicyclic amines) is 2. The first-order valence-electron chi connectivity index (χ1n) is 10.1. The summed E-state index contributed by atoms with van der Waals surface area (Å²) in [5.74, 6) is 1.71. The van der Waals surface area contributed by atoms with Crippen molar-refractivity contribution in [2.24, 2.45) is 10.9 Å². The molecule has 5 heteroatoms. The maximum absolute atomic E-state index is 5.33. The smallest absolute Gasteiger partial charge is 0.193 e. The van der Waals surface area contributed by atoms with Gasteiger partial charge >= 0.3 is 0 Å². The number of hydrogen-bond acceptors (Lipinski definition) is 3. The van der Waals surface area contributed by atoms with Gasteiger partial charge in [-0.2, -0.15) is 0 Å². The van der Waals surface area contributed by atoms with E-state index in [1.807, 2.05) is 0 Å². The van der Waals surface area contributed by atoms with Gasteiger partial charge in [-0.15, -0.1) is 0 Å². The summed E-state index contributed by atoms with van der Waals surface area (Å²) in [6, 6.07) is 11.4. The molecule has 1 N–H and O–H groups in total. The molecule has 2 aliphatic heterocycles. The maximum atomic E-state index is 5.33. The summed E-state index contributed by atoms with van der Waals surface area (Å²) in [4.78, 5) is 10.0. The highest BCUT2D eigenvalue weighted by Crippen LogP contribution is 2.21. The lowest BCUT2D eigenvalue weighted by atomic mass is 10.1. The highest BCUT2D eigenvalue weighted by atomic mass is 16.5. The molecule has 2 heterocycles. The van der Waals surface area contributed by atoms with E-state index in [0.717, 1.165) is 45.3 Å². The van der Waals surface area contributed by atoms with Crippen LogP contribution >= 0.6 is 0 Å². The second-order valence-electron chi connectivity index (χ2n) is 7.50. The molecule has 0 radical (unpaired) electrons. The third-order valence-electron chi connectivity index (χ3n) is 5.50. The molecule has 0 aliphatic carbocycles. The number of guanidine groups is 1. The van der Waals surface area contributed by atoms with Crippen molar-refractivity contribution in [2.75, 3.05) is 46.4 Å². The quantitative estimate of drug-likeness (QED) is 0.601. The normalized spacial score (nSPS) is 24.4. The third kappa shape index (κ3) is 5.21. The number of benzene rings is 1. The molecule has 26 heavy (non-hydrogen) atoms. The Morgan fingerprint density at radius 2 is 2.08 bits per heavy atom. The molecule has 1 aromatic carbocycles. The molecule has 2 unspecified atom stereocenters. The van der Waals surface area contributed by atoms with E-state index < -0.39 is 0 Å². The number of methoxy groups -OCH3 is 1. The van der Waals surface area contributed by atoms with Gasteiger partial charge in [-0.25, -0.2) is 0 Å². The third-order valence-corrected chi connectivity index (χ3v) is 5.50. The van der Waals surface area contributed by atoms with Crippen LogP contribution in [0.2, 0.25) is 0 Å². The zero-order valence-electron chi connectivity index (χ0n) is 16.4. The van der Waals surface area contributed by atoms with E-state index in [1.165, 1.54) is 31.4 Å². The van der Waals surface area contributed by atoms with Gasteiger partial charge in [0.05, 0.1) is 13.2 Å². The van der Waals surface area contributed by atoms with E-state index in [9.17, 15) is 0 Å². The second-order valence-corrected chi connectivity index (χ2v) is 7.50. The highest BCUT2D eigenvalue weighted by molar-refractivity contribution is 5.80.